The maximum Gasteiger partial charge on any atom is 0.107 e. The lowest BCUT2D eigenvalue weighted by Crippen LogP contribution is -2.26. The molecule has 0 bridgehead atoms. The smallest absolute Gasteiger partial charge is 0.107 e. The standard InChI is InChI=1S/C14H24N2OS/c1-10-11(5-6-17-10)7-15-8-13-16-12(9-18-13)14(2,3)4/h9-11,15H,5-8H2,1-4H3. The minimum absolute atomic E-state index is 0.155. The Labute approximate surface area is 114 Å². The molecule has 18 heavy (non-hydrogen) atoms. The molecule has 4 heteroatoms. The van der Waals surface area contributed by atoms with Crippen LogP contribution in [0.1, 0.15) is 44.8 Å². The van der Waals surface area contributed by atoms with Gasteiger partial charge in [-0.25, -0.2) is 4.98 Å². The fraction of sp³-hybridized carbons (Fsp3) is 0.786. The molecule has 1 fully saturated rings. The van der Waals surface area contributed by atoms with Gasteiger partial charge >= 0.3 is 0 Å². The molecule has 1 aromatic heterocycles. The van der Waals surface area contributed by atoms with E-state index in [0.29, 0.717) is 12.0 Å². The molecule has 3 nitrogen and oxygen atoms in total. The molecule has 102 valence electrons. The second kappa shape index (κ2) is 5.68. The topological polar surface area (TPSA) is 34.1 Å². The molecule has 1 aliphatic heterocycles. The zero-order chi connectivity index (χ0) is 13.2. The summed E-state index contributed by atoms with van der Waals surface area (Å²) >= 11 is 1.75. The van der Waals surface area contributed by atoms with Crippen LogP contribution in [0.15, 0.2) is 5.38 Å². The highest BCUT2D eigenvalue weighted by atomic mass is 32.1. The molecule has 0 aliphatic carbocycles. The molecule has 2 unspecified atom stereocenters. The van der Waals surface area contributed by atoms with Crippen molar-refractivity contribution >= 4 is 11.3 Å². The lowest BCUT2D eigenvalue weighted by atomic mass is 9.93. The molecule has 1 saturated heterocycles. The molecular weight excluding hydrogens is 244 g/mol. The van der Waals surface area contributed by atoms with E-state index in [1.165, 1.54) is 17.1 Å². The average Bonchev–Trinajstić information content (AvgIpc) is 2.88. The van der Waals surface area contributed by atoms with Gasteiger partial charge in [0, 0.05) is 30.5 Å². The molecule has 2 atom stereocenters. The third-order valence-electron chi connectivity index (χ3n) is 3.54. The van der Waals surface area contributed by atoms with E-state index in [4.69, 9.17) is 4.74 Å². The molecule has 1 aliphatic rings. The molecule has 0 aromatic carbocycles. The van der Waals surface area contributed by atoms with Crippen LogP contribution < -0.4 is 5.32 Å². The number of hydrogen-bond acceptors (Lipinski definition) is 4. The molecule has 0 amide bonds. The van der Waals surface area contributed by atoms with Crippen LogP contribution in [0, 0.1) is 5.92 Å². The van der Waals surface area contributed by atoms with Gasteiger partial charge in [0.05, 0.1) is 11.8 Å². The Kier molecular flexibility index (Phi) is 4.41. The molecular formula is C14H24N2OS. The summed E-state index contributed by atoms with van der Waals surface area (Å²) in [5.74, 6) is 0.659. The minimum atomic E-state index is 0.155. The quantitative estimate of drug-likeness (QED) is 0.911. The van der Waals surface area contributed by atoms with Gasteiger partial charge in [-0.05, 0) is 19.3 Å². The van der Waals surface area contributed by atoms with Crippen LogP contribution in [-0.2, 0) is 16.7 Å². The number of nitrogens with zero attached hydrogens (tertiary/aromatic N) is 1. The zero-order valence-corrected chi connectivity index (χ0v) is 12.6. The summed E-state index contributed by atoms with van der Waals surface area (Å²) < 4.78 is 5.56. The van der Waals surface area contributed by atoms with Crippen molar-refractivity contribution in [1.82, 2.24) is 10.3 Å². The van der Waals surface area contributed by atoms with E-state index in [9.17, 15) is 0 Å². The maximum atomic E-state index is 5.56. The van der Waals surface area contributed by atoms with Crippen LogP contribution in [0.4, 0.5) is 0 Å². The summed E-state index contributed by atoms with van der Waals surface area (Å²) in [6.45, 7) is 11.6. The number of nitrogens with one attached hydrogen (secondary N) is 1. The van der Waals surface area contributed by atoms with Crippen LogP contribution >= 0.6 is 11.3 Å². The van der Waals surface area contributed by atoms with E-state index < -0.39 is 0 Å². The van der Waals surface area contributed by atoms with E-state index in [-0.39, 0.29) is 5.41 Å². The Morgan fingerprint density at radius 1 is 1.50 bits per heavy atom. The van der Waals surface area contributed by atoms with Gasteiger partial charge < -0.3 is 10.1 Å². The molecule has 0 radical (unpaired) electrons. The highest BCUT2D eigenvalue weighted by Gasteiger charge is 2.23. The second-order valence-electron chi connectivity index (χ2n) is 6.13. The first-order valence-electron chi connectivity index (χ1n) is 6.74. The predicted octanol–water partition coefficient (Wildman–Crippen LogP) is 2.96. The molecule has 2 rings (SSSR count). The minimum Gasteiger partial charge on any atom is -0.378 e. The fourth-order valence-corrected chi connectivity index (χ4v) is 3.14. The van der Waals surface area contributed by atoms with Crippen molar-refractivity contribution in [3.63, 3.8) is 0 Å². The van der Waals surface area contributed by atoms with Gasteiger partial charge in [-0.2, -0.15) is 0 Å². The van der Waals surface area contributed by atoms with Crippen molar-refractivity contribution in [1.29, 1.82) is 0 Å². The predicted molar refractivity (Wildman–Crippen MR) is 76.0 cm³/mol. The summed E-state index contributed by atoms with van der Waals surface area (Å²) in [5, 5.41) is 6.87. The monoisotopic (exact) mass is 268 g/mol. The van der Waals surface area contributed by atoms with E-state index in [2.05, 4.69) is 43.4 Å². The average molecular weight is 268 g/mol. The van der Waals surface area contributed by atoms with E-state index in [1.807, 2.05) is 0 Å². The van der Waals surface area contributed by atoms with Crippen LogP contribution in [-0.4, -0.2) is 24.2 Å². The van der Waals surface area contributed by atoms with Gasteiger partial charge in [0.15, 0.2) is 0 Å². The van der Waals surface area contributed by atoms with E-state index in [1.54, 1.807) is 11.3 Å². The fourth-order valence-electron chi connectivity index (χ4n) is 2.15. The number of rotatable bonds is 4. The van der Waals surface area contributed by atoms with Gasteiger partial charge in [-0.3, -0.25) is 0 Å². The summed E-state index contributed by atoms with van der Waals surface area (Å²) in [6, 6.07) is 0. The van der Waals surface area contributed by atoms with Gasteiger partial charge in [-0.1, -0.05) is 20.8 Å². The Morgan fingerprint density at radius 3 is 2.83 bits per heavy atom. The summed E-state index contributed by atoms with van der Waals surface area (Å²) in [7, 11) is 0. The Balaban J connectivity index is 1.78. The zero-order valence-electron chi connectivity index (χ0n) is 11.8. The third kappa shape index (κ3) is 3.53. The largest absolute Gasteiger partial charge is 0.378 e. The van der Waals surface area contributed by atoms with Crippen molar-refractivity contribution in [3.8, 4) is 0 Å². The van der Waals surface area contributed by atoms with E-state index >= 15 is 0 Å². The summed E-state index contributed by atoms with van der Waals surface area (Å²) in [4.78, 5) is 4.69. The molecule has 1 aromatic rings. The van der Waals surface area contributed by atoms with Crippen LogP contribution in [0.25, 0.3) is 0 Å². The van der Waals surface area contributed by atoms with Crippen molar-refractivity contribution in [3.05, 3.63) is 16.1 Å². The van der Waals surface area contributed by atoms with Crippen molar-refractivity contribution in [2.24, 2.45) is 5.92 Å². The second-order valence-corrected chi connectivity index (χ2v) is 7.07. The summed E-state index contributed by atoms with van der Waals surface area (Å²) in [6.07, 6.45) is 1.58. The van der Waals surface area contributed by atoms with Gasteiger partial charge in [-0.15, -0.1) is 11.3 Å². The maximum absolute atomic E-state index is 5.56. The first kappa shape index (κ1) is 14.0. The first-order valence-corrected chi connectivity index (χ1v) is 7.62. The first-order chi connectivity index (χ1) is 8.47. The number of hydrogen-bond donors (Lipinski definition) is 1. The van der Waals surface area contributed by atoms with Crippen molar-refractivity contribution < 1.29 is 4.74 Å². The van der Waals surface area contributed by atoms with Crippen LogP contribution in [0.3, 0.4) is 0 Å². The number of ether oxygens (including phenoxy) is 1. The van der Waals surface area contributed by atoms with Crippen LogP contribution in [0.2, 0.25) is 0 Å². The normalized spacial score (nSPS) is 24.7. The Hall–Kier alpha value is -0.450. The van der Waals surface area contributed by atoms with Crippen LogP contribution in [0.5, 0.6) is 0 Å². The molecule has 1 N–H and O–H groups in total. The lowest BCUT2D eigenvalue weighted by Gasteiger charge is -2.15. The number of thiazole rings is 1. The highest BCUT2D eigenvalue weighted by Crippen LogP contribution is 2.24. The van der Waals surface area contributed by atoms with Crippen molar-refractivity contribution in [2.45, 2.75) is 52.2 Å². The summed E-state index contributed by atoms with van der Waals surface area (Å²) in [5.41, 5.74) is 1.35. The lowest BCUT2D eigenvalue weighted by molar-refractivity contribution is 0.105. The van der Waals surface area contributed by atoms with Gasteiger partial charge in [0.2, 0.25) is 0 Å². The number of aromatic nitrogens is 1. The third-order valence-corrected chi connectivity index (χ3v) is 4.38. The van der Waals surface area contributed by atoms with E-state index in [0.717, 1.165) is 19.7 Å². The Bertz CT molecular complexity index is 383. The van der Waals surface area contributed by atoms with Crippen molar-refractivity contribution in [2.75, 3.05) is 13.2 Å². The molecule has 2 heterocycles. The molecule has 0 saturated carbocycles. The highest BCUT2D eigenvalue weighted by molar-refractivity contribution is 7.09. The van der Waals surface area contributed by atoms with Gasteiger partial charge in [0.25, 0.3) is 0 Å². The Morgan fingerprint density at radius 2 is 2.28 bits per heavy atom. The van der Waals surface area contributed by atoms with Gasteiger partial charge in [0.1, 0.15) is 5.01 Å². The SMILES string of the molecule is CC1OCCC1CNCc1nc(C(C)(C)C)cs1. The molecule has 0 spiro atoms.